The average molecular weight is 326 g/mol. The fourth-order valence-electron chi connectivity index (χ4n) is 1.45. The standard InChI is InChI=1S/C12H12BrN3OS/c1-7-6-18-12(15-7)8(2)16-11(17)9-3-10(13)5-14-4-9/h3-6,8H,1-2H3,(H,16,17). The molecule has 1 amide bonds. The van der Waals surface area contributed by atoms with E-state index in [0.29, 0.717) is 5.56 Å². The van der Waals surface area contributed by atoms with Gasteiger partial charge >= 0.3 is 0 Å². The number of aryl methyl sites for hydroxylation is 1. The van der Waals surface area contributed by atoms with Crippen molar-refractivity contribution in [2.24, 2.45) is 0 Å². The Morgan fingerprint density at radius 1 is 1.50 bits per heavy atom. The number of halogens is 1. The molecule has 1 atom stereocenters. The molecule has 6 heteroatoms. The Balaban J connectivity index is 2.08. The van der Waals surface area contributed by atoms with Crippen molar-refractivity contribution in [3.63, 3.8) is 0 Å². The maximum atomic E-state index is 12.0. The van der Waals surface area contributed by atoms with E-state index in [-0.39, 0.29) is 11.9 Å². The van der Waals surface area contributed by atoms with Crippen molar-refractivity contribution in [2.45, 2.75) is 19.9 Å². The van der Waals surface area contributed by atoms with Gasteiger partial charge in [0.25, 0.3) is 5.91 Å². The van der Waals surface area contributed by atoms with E-state index in [1.54, 1.807) is 29.8 Å². The number of rotatable bonds is 3. The van der Waals surface area contributed by atoms with Crippen LogP contribution in [0.1, 0.15) is 34.0 Å². The summed E-state index contributed by atoms with van der Waals surface area (Å²) >= 11 is 4.84. The molecule has 1 unspecified atom stereocenters. The zero-order valence-corrected chi connectivity index (χ0v) is 12.4. The Morgan fingerprint density at radius 3 is 2.89 bits per heavy atom. The van der Waals surface area contributed by atoms with E-state index < -0.39 is 0 Å². The fourth-order valence-corrected chi connectivity index (χ4v) is 2.62. The predicted octanol–water partition coefficient (Wildman–Crippen LogP) is 3.10. The van der Waals surface area contributed by atoms with Gasteiger partial charge in [-0.15, -0.1) is 11.3 Å². The van der Waals surface area contributed by atoms with Crippen molar-refractivity contribution in [3.05, 3.63) is 44.6 Å². The normalized spacial score (nSPS) is 12.2. The summed E-state index contributed by atoms with van der Waals surface area (Å²) in [5.74, 6) is -0.149. The van der Waals surface area contributed by atoms with Crippen LogP contribution in [0.3, 0.4) is 0 Å². The highest BCUT2D eigenvalue weighted by molar-refractivity contribution is 9.10. The molecule has 4 nitrogen and oxygen atoms in total. The van der Waals surface area contributed by atoms with E-state index in [4.69, 9.17) is 0 Å². The summed E-state index contributed by atoms with van der Waals surface area (Å²) in [6.07, 6.45) is 3.18. The van der Waals surface area contributed by atoms with Gasteiger partial charge in [0.15, 0.2) is 0 Å². The van der Waals surface area contributed by atoms with Crippen LogP contribution >= 0.6 is 27.3 Å². The molecule has 0 bridgehead atoms. The molecule has 0 aliphatic carbocycles. The van der Waals surface area contributed by atoms with Crippen molar-refractivity contribution < 1.29 is 4.79 Å². The van der Waals surface area contributed by atoms with Crippen LogP contribution in [0, 0.1) is 6.92 Å². The minimum absolute atomic E-state index is 0.102. The van der Waals surface area contributed by atoms with E-state index in [1.165, 1.54) is 0 Å². The first-order valence-corrected chi connectivity index (χ1v) is 7.07. The van der Waals surface area contributed by atoms with Crippen LogP contribution in [0.4, 0.5) is 0 Å². The third-order valence-electron chi connectivity index (χ3n) is 2.32. The van der Waals surface area contributed by atoms with Crippen molar-refractivity contribution >= 4 is 33.2 Å². The number of pyridine rings is 1. The zero-order valence-electron chi connectivity index (χ0n) is 9.98. The van der Waals surface area contributed by atoms with Gasteiger partial charge in [-0.25, -0.2) is 4.98 Å². The maximum Gasteiger partial charge on any atom is 0.253 e. The van der Waals surface area contributed by atoms with E-state index in [2.05, 4.69) is 31.2 Å². The van der Waals surface area contributed by atoms with Gasteiger partial charge in [-0.3, -0.25) is 9.78 Å². The summed E-state index contributed by atoms with van der Waals surface area (Å²) < 4.78 is 0.785. The molecule has 0 radical (unpaired) electrons. The summed E-state index contributed by atoms with van der Waals surface area (Å²) in [7, 11) is 0. The van der Waals surface area contributed by atoms with E-state index in [1.807, 2.05) is 19.2 Å². The highest BCUT2D eigenvalue weighted by Crippen LogP contribution is 2.18. The van der Waals surface area contributed by atoms with Crippen molar-refractivity contribution in [3.8, 4) is 0 Å². The third-order valence-corrected chi connectivity index (χ3v) is 3.90. The SMILES string of the molecule is Cc1csc(C(C)NC(=O)c2cncc(Br)c2)n1. The fraction of sp³-hybridized carbons (Fsp3) is 0.250. The molecule has 18 heavy (non-hydrogen) atoms. The first-order valence-electron chi connectivity index (χ1n) is 5.39. The van der Waals surface area contributed by atoms with Gasteiger partial charge in [-0.1, -0.05) is 0 Å². The number of thiazole rings is 1. The second-order valence-electron chi connectivity index (χ2n) is 3.91. The van der Waals surface area contributed by atoms with Gasteiger partial charge in [0, 0.05) is 27.9 Å². The molecule has 0 aromatic carbocycles. The van der Waals surface area contributed by atoms with Crippen LogP contribution in [-0.2, 0) is 0 Å². The lowest BCUT2D eigenvalue weighted by Gasteiger charge is -2.11. The highest BCUT2D eigenvalue weighted by Gasteiger charge is 2.14. The van der Waals surface area contributed by atoms with E-state index in [9.17, 15) is 4.79 Å². The summed E-state index contributed by atoms with van der Waals surface area (Å²) in [6.45, 7) is 3.86. The van der Waals surface area contributed by atoms with Gasteiger partial charge in [-0.05, 0) is 35.8 Å². The Hall–Kier alpha value is -1.27. The molecule has 94 valence electrons. The molecule has 2 heterocycles. The van der Waals surface area contributed by atoms with Crippen LogP contribution in [0.15, 0.2) is 28.3 Å². The van der Waals surface area contributed by atoms with Crippen LogP contribution < -0.4 is 5.32 Å². The van der Waals surface area contributed by atoms with Gasteiger partial charge in [0.1, 0.15) is 5.01 Å². The molecule has 0 aliphatic heterocycles. The molecule has 0 saturated carbocycles. The molecule has 0 aliphatic rings. The molecule has 0 spiro atoms. The minimum atomic E-state index is -0.149. The maximum absolute atomic E-state index is 12.0. The molecular formula is C12H12BrN3OS. The smallest absolute Gasteiger partial charge is 0.253 e. The van der Waals surface area contributed by atoms with Crippen LogP contribution in [0.5, 0.6) is 0 Å². The Labute approximate surface area is 118 Å². The molecule has 2 aromatic rings. The Morgan fingerprint density at radius 2 is 2.28 bits per heavy atom. The predicted molar refractivity (Wildman–Crippen MR) is 74.7 cm³/mol. The molecule has 0 saturated heterocycles. The summed E-state index contributed by atoms with van der Waals surface area (Å²) in [5.41, 5.74) is 1.50. The number of hydrogen-bond donors (Lipinski definition) is 1. The monoisotopic (exact) mass is 325 g/mol. The summed E-state index contributed by atoms with van der Waals surface area (Å²) in [5, 5.41) is 5.78. The number of aromatic nitrogens is 2. The van der Waals surface area contributed by atoms with Crippen LogP contribution in [0.2, 0.25) is 0 Å². The molecule has 1 N–H and O–H groups in total. The minimum Gasteiger partial charge on any atom is -0.343 e. The van der Waals surface area contributed by atoms with Gasteiger partial charge in [-0.2, -0.15) is 0 Å². The Kier molecular flexibility index (Phi) is 4.08. The summed E-state index contributed by atoms with van der Waals surface area (Å²) in [4.78, 5) is 20.3. The van der Waals surface area contributed by atoms with Crippen molar-refractivity contribution in [1.29, 1.82) is 0 Å². The molecule has 2 rings (SSSR count). The lowest BCUT2D eigenvalue weighted by Crippen LogP contribution is -2.26. The van der Waals surface area contributed by atoms with Gasteiger partial charge in [0.2, 0.25) is 0 Å². The molecule has 0 fully saturated rings. The first kappa shape index (κ1) is 13.2. The Bertz CT molecular complexity index is 570. The third kappa shape index (κ3) is 3.14. The number of amides is 1. The van der Waals surface area contributed by atoms with E-state index >= 15 is 0 Å². The number of nitrogens with one attached hydrogen (secondary N) is 1. The van der Waals surface area contributed by atoms with Gasteiger partial charge < -0.3 is 5.32 Å². The zero-order chi connectivity index (χ0) is 13.1. The second kappa shape index (κ2) is 5.58. The topological polar surface area (TPSA) is 54.9 Å². The van der Waals surface area contributed by atoms with Crippen LogP contribution in [0.25, 0.3) is 0 Å². The molecular weight excluding hydrogens is 314 g/mol. The quantitative estimate of drug-likeness (QED) is 0.943. The number of nitrogens with zero attached hydrogens (tertiary/aromatic N) is 2. The van der Waals surface area contributed by atoms with Crippen LogP contribution in [-0.4, -0.2) is 15.9 Å². The molecule has 2 aromatic heterocycles. The number of carbonyl (C=O) groups is 1. The lowest BCUT2D eigenvalue weighted by atomic mass is 10.2. The summed E-state index contributed by atoms with van der Waals surface area (Å²) in [6, 6.07) is 1.64. The number of carbonyl (C=O) groups excluding carboxylic acids is 1. The largest absolute Gasteiger partial charge is 0.343 e. The first-order chi connectivity index (χ1) is 8.56. The second-order valence-corrected chi connectivity index (χ2v) is 5.72. The lowest BCUT2D eigenvalue weighted by molar-refractivity contribution is 0.0939. The number of hydrogen-bond acceptors (Lipinski definition) is 4. The van der Waals surface area contributed by atoms with Gasteiger partial charge in [0.05, 0.1) is 11.6 Å². The van der Waals surface area contributed by atoms with E-state index in [0.717, 1.165) is 15.2 Å². The van der Waals surface area contributed by atoms with Crippen molar-refractivity contribution in [1.82, 2.24) is 15.3 Å². The average Bonchev–Trinajstić information content (AvgIpc) is 2.76. The highest BCUT2D eigenvalue weighted by atomic mass is 79.9. The van der Waals surface area contributed by atoms with Crippen molar-refractivity contribution in [2.75, 3.05) is 0 Å².